The molecule has 0 aliphatic heterocycles. The van der Waals surface area contributed by atoms with E-state index >= 15 is 0 Å². The predicted octanol–water partition coefficient (Wildman–Crippen LogP) is 6.87. The van der Waals surface area contributed by atoms with Gasteiger partial charge in [-0.05, 0) is 12.8 Å². The van der Waals surface area contributed by atoms with E-state index in [1.54, 1.807) is 0 Å². The monoisotopic (exact) mass is 826 g/mol. The van der Waals surface area contributed by atoms with Crippen molar-refractivity contribution in [3.05, 3.63) is 0 Å². The van der Waals surface area contributed by atoms with Gasteiger partial charge in [0.2, 0.25) is 5.91 Å². The molecule has 8 atom stereocenters. The molecular formula is C42H84NO12P. The largest absolute Gasteiger partial charge is 0.472 e. The van der Waals surface area contributed by atoms with Crippen LogP contribution in [0.3, 0.4) is 0 Å². The molecule has 1 aliphatic rings. The van der Waals surface area contributed by atoms with Crippen molar-refractivity contribution in [3.8, 4) is 0 Å². The Labute approximate surface area is 339 Å². The summed E-state index contributed by atoms with van der Waals surface area (Å²) in [6.45, 7) is 3.78. The number of carbonyl (C=O) groups is 1. The van der Waals surface area contributed by atoms with Crippen molar-refractivity contribution in [2.75, 3.05) is 6.61 Å². The summed E-state index contributed by atoms with van der Waals surface area (Å²) in [5.74, 6) is -0.558. The van der Waals surface area contributed by atoms with E-state index in [0.29, 0.717) is 12.8 Å². The molecule has 0 aromatic rings. The Kier molecular flexibility index (Phi) is 31.5. The van der Waals surface area contributed by atoms with Crippen molar-refractivity contribution in [3.63, 3.8) is 0 Å². The van der Waals surface area contributed by atoms with E-state index in [2.05, 4.69) is 19.2 Å². The lowest BCUT2D eigenvalue weighted by molar-refractivity contribution is -0.220. The van der Waals surface area contributed by atoms with E-state index in [9.17, 15) is 50.0 Å². The zero-order valence-corrected chi connectivity index (χ0v) is 36.0. The van der Waals surface area contributed by atoms with E-state index in [1.165, 1.54) is 109 Å². The van der Waals surface area contributed by atoms with Crippen molar-refractivity contribution < 1.29 is 59.0 Å². The summed E-state index contributed by atoms with van der Waals surface area (Å²) in [5.41, 5.74) is 0. The molecule has 1 amide bonds. The van der Waals surface area contributed by atoms with Crippen LogP contribution in [-0.4, -0.2) is 108 Å². The zero-order chi connectivity index (χ0) is 41.6. The van der Waals surface area contributed by atoms with Crippen LogP contribution in [0.1, 0.15) is 200 Å². The van der Waals surface area contributed by atoms with Gasteiger partial charge in [0.25, 0.3) is 0 Å². The molecule has 0 saturated heterocycles. The van der Waals surface area contributed by atoms with Gasteiger partial charge in [0.1, 0.15) is 36.6 Å². The van der Waals surface area contributed by atoms with E-state index in [4.69, 9.17) is 9.05 Å². The van der Waals surface area contributed by atoms with Gasteiger partial charge >= 0.3 is 7.82 Å². The van der Waals surface area contributed by atoms with E-state index in [-0.39, 0.29) is 12.8 Å². The molecule has 1 aliphatic carbocycles. The number of phosphoric ester groups is 1. The standard InChI is InChI=1S/C42H84NO12P/c1-3-5-7-9-11-13-15-17-19-21-23-25-27-29-33(44)31-36(46)43-34(35(45)30-28-26-24-22-20-18-16-14-12-10-8-6-4-2)32-54-56(52,53)55-42-40(50)38(48)37(47)39(49)41(42)51/h33-35,37-42,44-45,47-51H,3-32H2,1-2H3,(H,43,46)(H,52,53). The number of amides is 1. The minimum Gasteiger partial charge on any atom is -0.393 e. The summed E-state index contributed by atoms with van der Waals surface area (Å²) < 4.78 is 22.9. The first-order valence-electron chi connectivity index (χ1n) is 22.6. The van der Waals surface area contributed by atoms with Gasteiger partial charge in [-0.3, -0.25) is 13.8 Å². The fourth-order valence-corrected chi connectivity index (χ4v) is 8.45. The van der Waals surface area contributed by atoms with Crippen LogP contribution in [0, 0.1) is 0 Å². The van der Waals surface area contributed by atoms with Gasteiger partial charge in [-0.15, -0.1) is 0 Å². The van der Waals surface area contributed by atoms with Crippen LogP contribution in [0.25, 0.3) is 0 Å². The summed E-state index contributed by atoms with van der Waals surface area (Å²) in [6, 6.07) is -1.15. The third-order valence-corrected chi connectivity index (χ3v) is 12.2. The fraction of sp³-hybridized carbons (Fsp3) is 0.976. The van der Waals surface area contributed by atoms with Gasteiger partial charge in [0.05, 0.1) is 31.3 Å². The molecule has 1 fully saturated rings. The molecule has 14 heteroatoms. The Morgan fingerprint density at radius 1 is 0.554 bits per heavy atom. The second-order valence-corrected chi connectivity index (χ2v) is 17.9. The van der Waals surface area contributed by atoms with Crippen LogP contribution in [0.15, 0.2) is 0 Å². The molecule has 0 aromatic heterocycles. The van der Waals surface area contributed by atoms with Crippen LogP contribution in [0.5, 0.6) is 0 Å². The summed E-state index contributed by atoms with van der Waals surface area (Å²) in [7, 11) is -5.11. The first-order chi connectivity index (χ1) is 26.8. The maximum Gasteiger partial charge on any atom is 0.472 e. The van der Waals surface area contributed by atoms with Gasteiger partial charge in [0.15, 0.2) is 0 Å². The summed E-state index contributed by atoms with van der Waals surface area (Å²) in [6.07, 6.45) is 17.3. The van der Waals surface area contributed by atoms with Gasteiger partial charge in [0, 0.05) is 0 Å². The number of aliphatic hydroxyl groups excluding tert-OH is 7. The normalized spacial score (nSPS) is 24.1. The average molecular weight is 826 g/mol. The number of unbranched alkanes of at least 4 members (excludes halogenated alkanes) is 24. The molecular weight excluding hydrogens is 741 g/mol. The maximum atomic E-state index is 13.0. The molecule has 9 N–H and O–H groups in total. The average Bonchev–Trinajstić information content (AvgIpc) is 3.17. The maximum absolute atomic E-state index is 13.0. The van der Waals surface area contributed by atoms with E-state index in [0.717, 1.165) is 51.4 Å². The summed E-state index contributed by atoms with van der Waals surface area (Å²) in [4.78, 5) is 23.4. The topological polar surface area (TPSA) is 226 Å². The SMILES string of the molecule is CCCCCCCCCCCCCCCC(O)CC(=O)NC(COP(=O)(O)OC1C(O)C(O)C(O)C(O)C1O)C(O)CCCCCCCCCCCCCCC. The number of carbonyl (C=O) groups excluding carboxylic acids is 1. The minimum atomic E-state index is -5.11. The van der Waals surface area contributed by atoms with Crippen molar-refractivity contribution in [2.45, 2.75) is 255 Å². The number of rotatable bonds is 37. The van der Waals surface area contributed by atoms with Crippen LogP contribution >= 0.6 is 7.82 Å². The lowest BCUT2D eigenvalue weighted by Crippen LogP contribution is -2.64. The van der Waals surface area contributed by atoms with Crippen LogP contribution in [0.4, 0.5) is 0 Å². The fourth-order valence-electron chi connectivity index (χ4n) is 7.48. The lowest BCUT2D eigenvalue weighted by Gasteiger charge is -2.41. The number of hydrogen-bond acceptors (Lipinski definition) is 11. The number of phosphoric acid groups is 1. The molecule has 56 heavy (non-hydrogen) atoms. The number of hydrogen-bond donors (Lipinski definition) is 9. The third-order valence-electron chi connectivity index (χ3n) is 11.2. The molecule has 8 unspecified atom stereocenters. The minimum absolute atomic E-state index is 0.216. The van der Waals surface area contributed by atoms with Gasteiger partial charge in [-0.25, -0.2) is 4.57 Å². The third kappa shape index (κ3) is 25.0. The van der Waals surface area contributed by atoms with E-state index in [1.807, 2.05) is 0 Å². The summed E-state index contributed by atoms with van der Waals surface area (Å²) in [5, 5.41) is 74.5. The Morgan fingerprint density at radius 3 is 1.29 bits per heavy atom. The van der Waals surface area contributed by atoms with Crippen LogP contribution in [0.2, 0.25) is 0 Å². The Morgan fingerprint density at radius 2 is 0.893 bits per heavy atom. The van der Waals surface area contributed by atoms with Crippen molar-refractivity contribution in [1.82, 2.24) is 5.32 Å². The predicted molar refractivity (Wildman–Crippen MR) is 220 cm³/mol. The van der Waals surface area contributed by atoms with Crippen molar-refractivity contribution >= 4 is 13.7 Å². The van der Waals surface area contributed by atoms with Crippen molar-refractivity contribution in [1.29, 1.82) is 0 Å². The van der Waals surface area contributed by atoms with Crippen molar-refractivity contribution in [2.24, 2.45) is 0 Å². The molecule has 0 heterocycles. The lowest BCUT2D eigenvalue weighted by atomic mass is 9.85. The molecule has 1 saturated carbocycles. The van der Waals surface area contributed by atoms with Gasteiger partial charge in [-0.2, -0.15) is 0 Å². The second-order valence-electron chi connectivity index (χ2n) is 16.4. The Hall–Kier alpha value is -0.700. The van der Waals surface area contributed by atoms with Gasteiger partial charge in [-0.1, -0.05) is 181 Å². The molecule has 0 radical (unpaired) electrons. The smallest absolute Gasteiger partial charge is 0.393 e. The molecule has 13 nitrogen and oxygen atoms in total. The van der Waals surface area contributed by atoms with Gasteiger partial charge < -0.3 is 46.0 Å². The molecule has 334 valence electrons. The van der Waals surface area contributed by atoms with Crippen LogP contribution in [-0.2, 0) is 18.4 Å². The second kappa shape index (κ2) is 33.1. The van der Waals surface area contributed by atoms with Crippen LogP contribution < -0.4 is 5.32 Å². The Balaban J connectivity index is 2.54. The number of nitrogens with one attached hydrogen (secondary N) is 1. The summed E-state index contributed by atoms with van der Waals surface area (Å²) >= 11 is 0. The van der Waals surface area contributed by atoms with E-state index < -0.39 is 75.2 Å². The molecule has 0 aromatic carbocycles. The molecule has 1 rings (SSSR count). The number of aliphatic hydroxyl groups is 7. The quantitative estimate of drug-likeness (QED) is 0.0231. The molecule has 0 spiro atoms. The zero-order valence-electron chi connectivity index (χ0n) is 35.1. The molecule has 0 bridgehead atoms. The Bertz CT molecular complexity index is 979. The highest BCUT2D eigenvalue weighted by Gasteiger charge is 2.51. The highest BCUT2D eigenvalue weighted by molar-refractivity contribution is 7.47. The first kappa shape index (κ1) is 53.3. The first-order valence-corrected chi connectivity index (χ1v) is 24.1. The highest BCUT2D eigenvalue weighted by atomic mass is 31.2. The highest BCUT2D eigenvalue weighted by Crippen LogP contribution is 2.47.